The summed E-state index contributed by atoms with van der Waals surface area (Å²) in [4.78, 5) is 11.6. The maximum atomic E-state index is 11.6. The number of hydrogen-bond donors (Lipinski definition) is 2. The van der Waals surface area contributed by atoms with Crippen LogP contribution in [0.25, 0.3) is 0 Å². The number of piperidine rings is 1. The molecule has 0 aromatic carbocycles. The van der Waals surface area contributed by atoms with Crippen LogP contribution in [-0.4, -0.2) is 22.9 Å². The van der Waals surface area contributed by atoms with E-state index in [0.717, 1.165) is 31.7 Å². The lowest BCUT2D eigenvalue weighted by Crippen LogP contribution is -2.34. The topological polar surface area (TPSA) is 49.8 Å². The van der Waals surface area contributed by atoms with E-state index in [4.69, 9.17) is 0 Å². The van der Waals surface area contributed by atoms with Gasteiger partial charge in [-0.05, 0) is 38.3 Å². The van der Waals surface area contributed by atoms with Gasteiger partial charge in [0.15, 0.2) is 0 Å². The van der Waals surface area contributed by atoms with E-state index in [1.165, 1.54) is 12.8 Å². The zero-order valence-corrected chi connectivity index (χ0v) is 9.25. The normalized spacial score (nSPS) is 21.8. The van der Waals surface area contributed by atoms with Crippen molar-refractivity contribution >= 4 is 0 Å². The van der Waals surface area contributed by atoms with Crippen LogP contribution in [0.5, 0.6) is 0 Å². The highest BCUT2D eigenvalue weighted by molar-refractivity contribution is 4.98. The summed E-state index contributed by atoms with van der Waals surface area (Å²) in [5.74, 6) is 0.597. The third-order valence-electron chi connectivity index (χ3n) is 3.06. The van der Waals surface area contributed by atoms with Gasteiger partial charge in [-0.1, -0.05) is 6.92 Å². The molecule has 1 atom stereocenters. The molecule has 0 spiro atoms. The number of hydrogen-bond acceptors (Lipinski definition) is 2. The van der Waals surface area contributed by atoms with E-state index >= 15 is 0 Å². The van der Waals surface area contributed by atoms with E-state index in [9.17, 15) is 4.79 Å². The summed E-state index contributed by atoms with van der Waals surface area (Å²) in [6, 6.07) is 1.70. The number of aryl methyl sites for hydroxylation is 1. The Labute approximate surface area is 89.7 Å². The lowest BCUT2D eigenvalue weighted by atomic mass is 10.00. The largest absolute Gasteiger partial charge is 0.316 e. The molecule has 1 saturated heterocycles. The molecular weight excluding hydrogens is 190 g/mol. The van der Waals surface area contributed by atoms with Gasteiger partial charge >= 0.3 is 0 Å². The van der Waals surface area contributed by atoms with E-state index in [-0.39, 0.29) is 5.56 Å². The standard InChI is InChI=1S/C11H19N3O/c1-2-10-6-11(15)14(13-10)8-9-4-3-5-12-7-9/h6,9,12-13H,2-5,7-8H2,1H3. The highest BCUT2D eigenvalue weighted by Crippen LogP contribution is 2.11. The lowest BCUT2D eigenvalue weighted by Gasteiger charge is -2.22. The number of nitrogens with one attached hydrogen (secondary N) is 2. The molecule has 4 heteroatoms. The summed E-state index contributed by atoms with van der Waals surface area (Å²) in [6.07, 6.45) is 3.34. The molecule has 1 aliphatic heterocycles. The van der Waals surface area contributed by atoms with E-state index in [1.807, 2.05) is 0 Å². The average Bonchev–Trinajstić information content (AvgIpc) is 2.61. The van der Waals surface area contributed by atoms with E-state index < -0.39 is 0 Å². The van der Waals surface area contributed by atoms with Crippen LogP contribution in [0.1, 0.15) is 25.5 Å². The second-order valence-electron chi connectivity index (χ2n) is 4.30. The smallest absolute Gasteiger partial charge is 0.266 e. The molecule has 0 radical (unpaired) electrons. The second kappa shape index (κ2) is 4.66. The molecule has 0 amide bonds. The van der Waals surface area contributed by atoms with Crippen molar-refractivity contribution in [1.82, 2.24) is 15.1 Å². The summed E-state index contributed by atoms with van der Waals surface area (Å²) >= 11 is 0. The van der Waals surface area contributed by atoms with Crippen LogP contribution < -0.4 is 10.9 Å². The van der Waals surface area contributed by atoms with Crippen molar-refractivity contribution in [2.75, 3.05) is 13.1 Å². The average molecular weight is 209 g/mol. The Hall–Kier alpha value is -1.03. The fourth-order valence-electron chi connectivity index (χ4n) is 2.14. The summed E-state index contributed by atoms with van der Waals surface area (Å²) in [6.45, 7) is 5.03. The first-order chi connectivity index (χ1) is 7.29. The predicted octanol–water partition coefficient (Wildman–Crippen LogP) is 0.738. The zero-order chi connectivity index (χ0) is 10.7. The maximum absolute atomic E-state index is 11.6. The second-order valence-corrected chi connectivity index (χ2v) is 4.30. The number of nitrogens with zero attached hydrogens (tertiary/aromatic N) is 1. The zero-order valence-electron chi connectivity index (χ0n) is 9.25. The molecular formula is C11H19N3O. The summed E-state index contributed by atoms with van der Waals surface area (Å²) in [7, 11) is 0. The van der Waals surface area contributed by atoms with Crippen molar-refractivity contribution in [3.63, 3.8) is 0 Å². The molecule has 1 unspecified atom stereocenters. The third-order valence-corrected chi connectivity index (χ3v) is 3.06. The predicted molar refractivity (Wildman–Crippen MR) is 60.0 cm³/mol. The Morgan fingerprint density at radius 2 is 2.47 bits per heavy atom. The highest BCUT2D eigenvalue weighted by atomic mass is 16.1. The van der Waals surface area contributed by atoms with Gasteiger partial charge in [0.25, 0.3) is 5.56 Å². The van der Waals surface area contributed by atoms with Crippen molar-refractivity contribution < 1.29 is 0 Å². The molecule has 4 nitrogen and oxygen atoms in total. The molecule has 1 aromatic rings. The fraction of sp³-hybridized carbons (Fsp3) is 0.727. The van der Waals surface area contributed by atoms with E-state index in [2.05, 4.69) is 17.3 Å². The van der Waals surface area contributed by atoms with E-state index in [0.29, 0.717) is 5.92 Å². The molecule has 0 bridgehead atoms. The molecule has 84 valence electrons. The van der Waals surface area contributed by atoms with Gasteiger partial charge in [0.05, 0.1) is 0 Å². The summed E-state index contributed by atoms with van der Waals surface area (Å²) in [5.41, 5.74) is 1.14. The van der Waals surface area contributed by atoms with Crippen LogP contribution in [0, 0.1) is 5.92 Å². The minimum absolute atomic E-state index is 0.109. The van der Waals surface area contributed by atoms with Gasteiger partial charge < -0.3 is 5.32 Å². The van der Waals surface area contributed by atoms with Crippen LogP contribution in [0.2, 0.25) is 0 Å². The minimum Gasteiger partial charge on any atom is -0.316 e. The monoisotopic (exact) mass is 209 g/mol. The Morgan fingerprint density at radius 1 is 1.60 bits per heavy atom. The molecule has 1 aliphatic rings. The van der Waals surface area contributed by atoms with Crippen molar-refractivity contribution in [2.24, 2.45) is 5.92 Å². The van der Waals surface area contributed by atoms with E-state index in [1.54, 1.807) is 10.7 Å². The molecule has 0 saturated carbocycles. The first kappa shape index (κ1) is 10.5. The van der Waals surface area contributed by atoms with Crippen molar-refractivity contribution in [3.8, 4) is 0 Å². The molecule has 2 rings (SSSR count). The fourth-order valence-corrected chi connectivity index (χ4v) is 2.14. The van der Waals surface area contributed by atoms with Crippen LogP contribution in [0.4, 0.5) is 0 Å². The highest BCUT2D eigenvalue weighted by Gasteiger charge is 2.14. The Morgan fingerprint density at radius 3 is 3.07 bits per heavy atom. The maximum Gasteiger partial charge on any atom is 0.266 e. The van der Waals surface area contributed by atoms with Gasteiger partial charge in [-0.25, -0.2) is 0 Å². The molecule has 15 heavy (non-hydrogen) atoms. The number of rotatable bonds is 3. The Kier molecular flexibility index (Phi) is 3.26. The van der Waals surface area contributed by atoms with Crippen molar-refractivity contribution in [1.29, 1.82) is 0 Å². The third kappa shape index (κ3) is 2.50. The first-order valence-corrected chi connectivity index (χ1v) is 5.79. The minimum atomic E-state index is 0.109. The lowest BCUT2D eigenvalue weighted by molar-refractivity contribution is 0.321. The first-order valence-electron chi connectivity index (χ1n) is 5.79. The van der Waals surface area contributed by atoms with Crippen LogP contribution in [0.15, 0.2) is 10.9 Å². The Balaban J connectivity index is 2.02. The molecule has 2 heterocycles. The van der Waals surface area contributed by atoms with Gasteiger partial charge in [-0.15, -0.1) is 0 Å². The molecule has 2 N–H and O–H groups in total. The number of aromatic nitrogens is 2. The number of H-pyrrole nitrogens is 1. The van der Waals surface area contributed by atoms with Crippen molar-refractivity contribution in [2.45, 2.75) is 32.7 Å². The van der Waals surface area contributed by atoms with Crippen LogP contribution in [-0.2, 0) is 13.0 Å². The molecule has 1 aromatic heterocycles. The SMILES string of the molecule is CCc1cc(=O)n(CC2CCCNC2)[nH]1. The molecule has 1 fully saturated rings. The van der Waals surface area contributed by atoms with Gasteiger partial charge in [0, 0.05) is 18.3 Å². The quantitative estimate of drug-likeness (QED) is 0.771. The van der Waals surface area contributed by atoms with Crippen LogP contribution in [0.3, 0.4) is 0 Å². The van der Waals surface area contributed by atoms with Crippen molar-refractivity contribution in [3.05, 3.63) is 22.1 Å². The van der Waals surface area contributed by atoms with Gasteiger partial charge in [0.2, 0.25) is 0 Å². The summed E-state index contributed by atoms with van der Waals surface area (Å²) < 4.78 is 1.75. The van der Waals surface area contributed by atoms with Gasteiger partial charge in [-0.2, -0.15) is 0 Å². The van der Waals surface area contributed by atoms with Crippen LogP contribution >= 0.6 is 0 Å². The van der Waals surface area contributed by atoms with Gasteiger partial charge in [0.1, 0.15) is 0 Å². The number of aromatic amines is 1. The Bertz CT molecular complexity index is 360. The summed E-state index contributed by atoms with van der Waals surface area (Å²) in [5, 5.41) is 6.52. The molecule has 0 aliphatic carbocycles. The van der Waals surface area contributed by atoms with Gasteiger partial charge in [-0.3, -0.25) is 14.6 Å².